The molecule has 0 unspecified atom stereocenters. The number of benzene rings is 1. The number of fused-ring (bicyclic) bond motifs is 1. The van der Waals surface area contributed by atoms with Crippen LogP contribution < -0.4 is 0 Å². The first-order valence-electron chi connectivity index (χ1n) is 7.25. The summed E-state index contributed by atoms with van der Waals surface area (Å²) in [5, 5.41) is 6.45. The van der Waals surface area contributed by atoms with Crippen LogP contribution in [0.3, 0.4) is 0 Å². The second kappa shape index (κ2) is 7.09. The van der Waals surface area contributed by atoms with Crippen molar-refractivity contribution in [3.05, 3.63) is 58.4 Å². The van der Waals surface area contributed by atoms with Gasteiger partial charge in [-0.2, -0.15) is 9.78 Å². The largest absolute Gasteiger partial charge is 0.465 e. The molecule has 2 heterocycles. The molecule has 25 heavy (non-hydrogen) atoms. The molecule has 0 bridgehead atoms. The van der Waals surface area contributed by atoms with Crippen molar-refractivity contribution in [1.82, 2.24) is 15.0 Å². The molecule has 0 radical (unpaired) electrons. The van der Waals surface area contributed by atoms with Gasteiger partial charge in [-0.1, -0.05) is 18.2 Å². The molecule has 0 spiro atoms. The Kier molecular flexibility index (Phi) is 4.70. The Morgan fingerprint density at radius 2 is 2.04 bits per heavy atom. The van der Waals surface area contributed by atoms with Crippen molar-refractivity contribution in [2.24, 2.45) is 0 Å². The third kappa shape index (κ3) is 3.33. The molecule has 3 aromatic rings. The summed E-state index contributed by atoms with van der Waals surface area (Å²) in [6.07, 6.45) is 0.468. The second-order valence-corrected chi connectivity index (χ2v) is 5.59. The summed E-state index contributed by atoms with van der Waals surface area (Å²) in [4.78, 5) is 47.0. The molecule has 1 amide bonds. The molecule has 0 N–H and O–H groups in total. The summed E-state index contributed by atoms with van der Waals surface area (Å²) in [6, 6.07) is 9.69. The van der Waals surface area contributed by atoms with Gasteiger partial charge < -0.3 is 0 Å². The SMILES string of the molecule is CCO[N+](=O)N(OC(=O)n1ncc2ccsc21)C(=O)c1ccccc1. The first kappa shape index (κ1) is 16.6. The summed E-state index contributed by atoms with van der Waals surface area (Å²) < 4.78 is 0.963. The molecule has 0 aliphatic rings. The van der Waals surface area contributed by atoms with Gasteiger partial charge in [0.1, 0.15) is 9.74 Å². The minimum absolute atomic E-state index is 0.0173. The number of carbonyl (C=O) groups excluding carboxylic acids is 2. The van der Waals surface area contributed by atoms with Crippen LogP contribution in [0.25, 0.3) is 10.2 Å². The molecule has 10 heteroatoms. The lowest BCUT2D eigenvalue weighted by Gasteiger charge is -2.09. The molecule has 128 valence electrons. The van der Waals surface area contributed by atoms with Crippen molar-refractivity contribution in [3.63, 3.8) is 0 Å². The minimum atomic E-state index is -1.01. The van der Waals surface area contributed by atoms with Crippen molar-refractivity contribution >= 4 is 33.6 Å². The zero-order valence-corrected chi connectivity index (χ0v) is 13.9. The number of thiophene rings is 1. The van der Waals surface area contributed by atoms with Crippen LogP contribution in [0.5, 0.6) is 0 Å². The Balaban J connectivity index is 1.87. The second-order valence-electron chi connectivity index (χ2n) is 4.69. The summed E-state index contributed by atoms with van der Waals surface area (Å²) >= 11 is 1.27. The van der Waals surface area contributed by atoms with Crippen LogP contribution >= 0.6 is 11.3 Å². The maximum absolute atomic E-state index is 12.5. The van der Waals surface area contributed by atoms with Crippen LogP contribution in [0, 0.1) is 4.91 Å². The van der Waals surface area contributed by atoms with Gasteiger partial charge in [0.2, 0.25) is 0 Å². The third-order valence-electron chi connectivity index (χ3n) is 3.10. The van der Waals surface area contributed by atoms with Gasteiger partial charge in [0.05, 0.1) is 6.20 Å². The summed E-state index contributed by atoms with van der Waals surface area (Å²) in [7, 11) is 0. The van der Waals surface area contributed by atoms with Crippen LogP contribution in [-0.2, 0) is 9.68 Å². The maximum atomic E-state index is 12.5. The average molecular weight is 361 g/mol. The van der Waals surface area contributed by atoms with Gasteiger partial charge in [0, 0.05) is 10.9 Å². The quantitative estimate of drug-likeness (QED) is 0.663. The Hall–Kier alpha value is -3.27. The molecule has 2 aromatic heterocycles. The Morgan fingerprint density at radius 1 is 1.28 bits per heavy atom. The van der Waals surface area contributed by atoms with Crippen molar-refractivity contribution in [3.8, 4) is 0 Å². The minimum Gasteiger partial charge on any atom is -0.258 e. The predicted molar refractivity (Wildman–Crippen MR) is 87.4 cm³/mol. The van der Waals surface area contributed by atoms with E-state index in [1.165, 1.54) is 29.7 Å². The zero-order valence-electron chi connectivity index (χ0n) is 13.1. The molecule has 0 aliphatic heterocycles. The number of carbonyl (C=O) groups is 2. The first-order valence-corrected chi connectivity index (χ1v) is 8.13. The fourth-order valence-electron chi connectivity index (χ4n) is 2.00. The molecule has 3 rings (SSSR count). The lowest BCUT2D eigenvalue weighted by atomic mass is 10.2. The van der Waals surface area contributed by atoms with Crippen LogP contribution in [0.4, 0.5) is 4.79 Å². The van der Waals surface area contributed by atoms with E-state index in [2.05, 4.69) is 5.10 Å². The van der Waals surface area contributed by atoms with Gasteiger partial charge in [-0.15, -0.1) is 11.3 Å². The van der Waals surface area contributed by atoms with Gasteiger partial charge in [-0.05, 0) is 30.5 Å². The van der Waals surface area contributed by atoms with Crippen LogP contribution in [0.2, 0.25) is 0 Å². The highest BCUT2D eigenvalue weighted by Crippen LogP contribution is 2.20. The Labute approximate surface area is 145 Å². The van der Waals surface area contributed by atoms with Crippen LogP contribution in [0.15, 0.2) is 48.0 Å². The van der Waals surface area contributed by atoms with E-state index in [0.29, 0.717) is 4.83 Å². The number of hydroxylamine groups is 1. The lowest BCUT2D eigenvalue weighted by Crippen LogP contribution is -2.42. The highest BCUT2D eigenvalue weighted by molar-refractivity contribution is 7.16. The summed E-state index contributed by atoms with van der Waals surface area (Å²) in [5.41, 5.74) is 0.151. The van der Waals surface area contributed by atoms with Crippen LogP contribution in [-0.4, -0.2) is 38.6 Å². The number of hydrogen-bond donors (Lipinski definition) is 0. The fourth-order valence-corrected chi connectivity index (χ4v) is 2.82. The number of aromatic nitrogens is 2. The van der Waals surface area contributed by atoms with E-state index in [4.69, 9.17) is 9.68 Å². The molecular formula is C15H13N4O5S+. The number of nitrogens with zero attached hydrogens (tertiary/aromatic N) is 4. The highest BCUT2D eigenvalue weighted by Gasteiger charge is 2.38. The van der Waals surface area contributed by atoms with Gasteiger partial charge >= 0.3 is 17.0 Å². The van der Waals surface area contributed by atoms with E-state index in [1.807, 2.05) is 0 Å². The molecule has 0 aliphatic carbocycles. The van der Waals surface area contributed by atoms with Gasteiger partial charge in [0.15, 0.2) is 11.8 Å². The molecule has 0 saturated heterocycles. The normalized spacial score (nSPS) is 10.4. The molecule has 9 nitrogen and oxygen atoms in total. The lowest BCUT2D eigenvalue weighted by molar-refractivity contribution is -0.929. The zero-order chi connectivity index (χ0) is 17.8. The highest BCUT2D eigenvalue weighted by atomic mass is 32.1. The van der Waals surface area contributed by atoms with E-state index < -0.39 is 12.0 Å². The van der Waals surface area contributed by atoms with E-state index in [9.17, 15) is 14.5 Å². The topological polar surface area (TPSA) is 93.7 Å². The van der Waals surface area contributed by atoms with Crippen LogP contribution in [0.1, 0.15) is 17.3 Å². The first-order chi connectivity index (χ1) is 12.1. The third-order valence-corrected chi connectivity index (χ3v) is 4.00. The van der Waals surface area contributed by atoms with E-state index in [-0.39, 0.29) is 22.4 Å². The summed E-state index contributed by atoms with van der Waals surface area (Å²) in [6.45, 7) is 1.54. The van der Waals surface area contributed by atoms with Gasteiger partial charge in [-0.3, -0.25) is 9.63 Å². The number of amides is 1. The van der Waals surface area contributed by atoms with Crippen molar-refractivity contribution in [1.29, 1.82) is 0 Å². The fraction of sp³-hybridized carbons (Fsp3) is 0.133. The van der Waals surface area contributed by atoms with E-state index >= 15 is 0 Å². The molecule has 0 fully saturated rings. The van der Waals surface area contributed by atoms with Gasteiger partial charge in [0.25, 0.3) is 0 Å². The predicted octanol–water partition coefficient (Wildman–Crippen LogP) is 2.79. The van der Waals surface area contributed by atoms with E-state index in [1.54, 1.807) is 36.6 Å². The van der Waals surface area contributed by atoms with Crippen molar-refractivity contribution < 1.29 is 24.3 Å². The van der Waals surface area contributed by atoms with Crippen molar-refractivity contribution in [2.75, 3.05) is 6.61 Å². The number of rotatable bonds is 4. The Morgan fingerprint density at radius 3 is 2.76 bits per heavy atom. The molecule has 0 saturated carbocycles. The summed E-state index contributed by atoms with van der Waals surface area (Å²) in [5.74, 6) is -0.855. The molecule has 1 aromatic carbocycles. The van der Waals surface area contributed by atoms with Gasteiger partial charge in [-0.25, -0.2) is 9.63 Å². The smallest absolute Gasteiger partial charge is 0.258 e. The molecule has 0 atom stereocenters. The monoisotopic (exact) mass is 361 g/mol. The maximum Gasteiger partial charge on any atom is 0.465 e. The average Bonchev–Trinajstić information content (AvgIpc) is 3.23. The number of hydrogen-bond acceptors (Lipinski definition) is 7. The molecular weight excluding hydrogens is 348 g/mol. The Bertz CT molecular complexity index is 920. The standard InChI is InChI=1S/C15H13N4O5S/c1-2-23-19(22)18(13(20)11-6-4-3-5-7-11)24-15(21)17-14-12(10-16-17)8-9-25-14/h3-10H,2H2,1H3/q+1. The van der Waals surface area contributed by atoms with E-state index in [0.717, 1.165) is 10.1 Å². The number of hydrazine groups is 1. The van der Waals surface area contributed by atoms with Crippen molar-refractivity contribution in [2.45, 2.75) is 6.92 Å².